The van der Waals surface area contributed by atoms with Crippen LogP contribution in [0.4, 0.5) is 4.39 Å². The molecule has 1 heterocycles. The quantitative estimate of drug-likeness (QED) is 0.783. The van der Waals surface area contributed by atoms with E-state index in [9.17, 15) is 17.6 Å². The Kier molecular flexibility index (Phi) is 6.57. The van der Waals surface area contributed by atoms with Crippen molar-refractivity contribution in [2.45, 2.75) is 57.4 Å². The Morgan fingerprint density at radius 3 is 2.68 bits per heavy atom. The number of benzene rings is 1. The van der Waals surface area contributed by atoms with Crippen molar-refractivity contribution in [1.29, 1.82) is 0 Å². The molecule has 140 valence electrons. The molecular formula is C18H27FN2O3S. The Morgan fingerprint density at radius 1 is 1.32 bits per heavy atom. The molecule has 0 saturated carbocycles. The molecule has 2 atom stereocenters. The van der Waals surface area contributed by atoms with Crippen molar-refractivity contribution in [1.82, 2.24) is 9.62 Å². The zero-order valence-corrected chi connectivity index (χ0v) is 15.9. The number of aryl methyl sites for hydroxylation is 1. The van der Waals surface area contributed by atoms with E-state index in [1.807, 2.05) is 13.8 Å². The van der Waals surface area contributed by atoms with Gasteiger partial charge in [0.05, 0.1) is 10.8 Å². The second-order valence-electron chi connectivity index (χ2n) is 6.81. The van der Waals surface area contributed by atoms with Gasteiger partial charge < -0.3 is 5.32 Å². The summed E-state index contributed by atoms with van der Waals surface area (Å²) >= 11 is 0. The topological polar surface area (TPSA) is 66.5 Å². The highest BCUT2D eigenvalue weighted by molar-refractivity contribution is 7.89. The number of carbonyl (C=O) groups excluding carboxylic acids is 1. The molecule has 25 heavy (non-hydrogen) atoms. The van der Waals surface area contributed by atoms with Gasteiger partial charge in [0.2, 0.25) is 15.9 Å². The van der Waals surface area contributed by atoms with Crippen LogP contribution in [0.1, 0.15) is 45.1 Å². The summed E-state index contributed by atoms with van der Waals surface area (Å²) in [5.41, 5.74) is 0.553. The normalized spacial score (nSPS) is 21.9. The zero-order valence-electron chi connectivity index (χ0n) is 15.1. The standard InChI is InChI=1S/C18H27FN2O3S/c1-4-5-8-20-18(22)15-7-6-14(3)21(12-15)25(23,24)17-10-13(2)9-16(19)11-17/h9-11,14-15H,4-8,12H2,1-3H3,(H,20,22). The van der Waals surface area contributed by atoms with Crippen molar-refractivity contribution < 1.29 is 17.6 Å². The number of rotatable bonds is 6. The molecule has 0 spiro atoms. The summed E-state index contributed by atoms with van der Waals surface area (Å²) in [5.74, 6) is -1.04. The lowest BCUT2D eigenvalue weighted by Crippen LogP contribution is -2.49. The molecule has 1 aliphatic heterocycles. The van der Waals surface area contributed by atoms with Gasteiger partial charge in [0, 0.05) is 19.1 Å². The van der Waals surface area contributed by atoms with Crippen molar-refractivity contribution in [2.75, 3.05) is 13.1 Å². The number of nitrogens with zero attached hydrogens (tertiary/aromatic N) is 1. The van der Waals surface area contributed by atoms with E-state index in [1.54, 1.807) is 6.92 Å². The van der Waals surface area contributed by atoms with Crippen molar-refractivity contribution >= 4 is 15.9 Å². The third-order valence-electron chi connectivity index (χ3n) is 4.65. The van der Waals surface area contributed by atoms with E-state index >= 15 is 0 Å². The van der Waals surface area contributed by atoms with Crippen LogP contribution in [0.25, 0.3) is 0 Å². The van der Waals surface area contributed by atoms with E-state index in [0.717, 1.165) is 18.9 Å². The van der Waals surface area contributed by atoms with Crippen LogP contribution in [0, 0.1) is 18.7 Å². The number of carbonyl (C=O) groups is 1. The van der Waals surface area contributed by atoms with Gasteiger partial charge in [-0.25, -0.2) is 12.8 Å². The average Bonchev–Trinajstić information content (AvgIpc) is 2.54. The highest BCUT2D eigenvalue weighted by atomic mass is 32.2. The molecule has 0 bridgehead atoms. The zero-order chi connectivity index (χ0) is 18.6. The number of amides is 1. The summed E-state index contributed by atoms with van der Waals surface area (Å²) in [5, 5.41) is 2.88. The number of hydrogen-bond donors (Lipinski definition) is 1. The summed E-state index contributed by atoms with van der Waals surface area (Å²) < 4.78 is 40.9. The lowest BCUT2D eigenvalue weighted by atomic mass is 9.94. The fourth-order valence-corrected chi connectivity index (χ4v) is 4.97. The highest BCUT2D eigenvalue weighted by Crippen LogP contribution is 2.29. The van der Waals surface area contributed by atoms with E-state index in [1.165, 1.54) is 16.4 Å². The summed E-state index contributed by atoms with van der Waals surface area (Å²) in [6.45, 7) is 6.28. The molecule has 1 fully saturated rings. The van der Waals surface area contributed by atoms with E-state index in [2.05, 4.69) is 5.32 Å². The minimum absolute atomic E-state index is 0.0520. The molecule has 2 rings (SSSR count). The van der Waals surface area contributed by atoms with Crippen LogP contribution in [0.2, 0.25) is 0 Å². The Hall–Kier alpha value is -1.47. The SMILES string of the molecule is CCCCNC(=O)C1CCC(C)N(S(=O)(=O)c2cc(C)cc(F)c2)C1. The van der Waals surface area contributed by atoms with E-state index < -0.39 is 15.8 Å². The van der Waals surface area contributed by atoms with Gasteiger partial charge >= 0.3 is 0 Å². The van der Waals surface area contributed by atoms with E-state index in [-0.39, 0.29) is 29.3 Å². The maximum atomic E-state index is 13.7. The lowest BCUT2D eigenvalue weighted by molar-refractivity contribution is -0.126. The molecule has 1 N–H and O–H groups in total. The summed E-state index contributed by atoms with van der Waals surface area (Å²) in [4.78, 5) is 12.3. The molecule has 2 unspecified atom stereocenters. The largest absolute Gasteiger partial charge is 0.356 e. The maximum Gasteiger partial charge on any atom is 0.243 e. The molecule has 1 saturated heterocycles. The van der Waals surface area contributed by atoms with Gasteiger partial charge in [0.25, 0.3) is 0 Å². The summed E-state index contributed by atoms with van der Waals surface area (Å²) in [7, 11) is -3.83. The van der Waals surface area contributed by atoms with Crippen molar-refractivity contribution in [3.8, 4) is 0 Å². The van der Waals surface area contributed by atoms with Crippen molar-refractivity contribution in [2.24, 2.45) is 5.92 Å². The first-order chi connectivity index (χ1) is 11.8. The molecule has 0 aromatic heterocycles. The lowest BCUT2D eigenvalue weighted by Gasteiger charge is -2.36. The van der Waals surface area contributed by atoms with Gasteiger partial charge in [0.15, 0.2) is 0 Å². The van der Waals surface area contributed by atoms with Gasteiger partial charge in [0.1, 0.15) is 5.82 Å². The predicted molar refractivity (Wildman–Crippen MR) is 95.1 cm³/mol. The third kappa shape index (κ3) is 4.79. The number of unbranched alkanes of at least 4 members (excludes halogenated alkanes) is 1. The monoisotopic (exact) mass is 370 g/mol. The van der Waals surface area contributed by atoms with Gasteiger partial charge in [-0.05, 0) is 56.9 Å². The molecule has 7 heteroatoms. The second kappa shape index (κ2) is 8.27. The minimum atomic E-state index is -3.83. The molecule has 1 aromatic rings. The summed E-state index contributed by atoms with van der Waals surface area (Å²) in [6, 6.07) is 3.59. The molecule has 1 aromatic carbocycles. The van der Waals surface area contributed by atoms with Crippen LogP contribution in [0.5, 0.6) is 0 Å². The second-order valence-corrected chi connectivity index (χ2v) is 8.70. The van der Waals surface area contributed by atoms with E-state index in [0.29, 0.717) is 24.9 Å². The first-order valence-corrected chi connectivity index (χ1v) is 10.3. The number of hydrogen-bond acceptors (Lipinski definition) is 3. The Morgan fingerprint density at radius 2 is 2.04 bits per heavy atom. The van der Waals surface area contributed by atoms with Crippen molar-refractivity contribution in [3.63, 3.8) is 0 Å². The number of halogens is 1. The van der Waals surface area contributed by atoms with Crippen LogP contribution in [0.3, 0.4) is 0 Å². The highest BCUT2D eigenvalue weighted by Gasteiger charge is 2.37. The van der Waals surface area contributed by atoms with Crippen LogP contribution >= 0.6 is 0 Å². The molecule has 5 nitrogen and oxygen atoms in total. The van der Waals surface area contributed by atoms with Crippen LogP contribution in [-0.4, -0.2) is 37.8 Å². The fourth-order valence-electron chi connectivity index (χ4n) is 3.14. The smallest absolute Gasteiger partial charge is 0.243 e. The third-order valence-corrected chi connectivity index (χ3v) is 6.61. The van der Waals surface area contributed by atoms with Crippen LogP contribution < -0.4 is 5.32 Å². The Labute approximate surface area is 149 Å². The van der Waals surface area contributed by atoms with Gasteiger partial charge in [-0.3, -0.25) is 4.79 Å². The first kappa shape index (κ1) is 19.8. The summed E-state index contributed by atoms with van der Waals surface area (Å²) in [6.07, 6.45) is 3.16. The molecule has 0 radical (unpaired) electrons. The van der Waals surface area contributed by atoms with Gasteiger partial charge in [-0.1, -0.05) is 13.3 Å². The molecule has 0 aliphatic carbocycles. The maximum absolute atomic E-state index is 13.7. The number of piperidine rings is 1. The van der Waals surface area contributed by atoms with Gasteiger partial charge in [-0.15, -0.1) is 0 Å². The number of nitrogens with one attached hydrogen (secondary N) is 1. The molecular weight excluding hydrogens is 343 g/mol. The first-order valence-electron chi connectivity index (χ1n) is 8.82. The molecule has 1 aliphatic rings. The minimum Gasteiger partial charge on any atom is -0.356 e. The van der Waals surface area contributed by atoms with Crippen LogP contribution in [-0.2, 0) is 14.8 Å². The average molecular weight is 370 g/mol. The molecule has 1 amide bonds. The van der Waals surface area contributed by atoms with E-state index in [4.69, 9.17) is 0 Å². The van der Waals surface area contributed by atoms with Gasteiger partial charge in [-0.2, -0.15) is 4.31 Å². The fraction of sp³-hybridized carbons (Fsp3) is 0.611. The van der Waals surface area contributed by atoms with Crippen LogP contribution in [0.15, 0.2) is 23.1 Å². The Balaban J connectivity index is 2.19. The number of sulfonamides is 1. The predicted octanol–water partition coefficient (Wildman–Crippen LogP) is 2.84. The van der Waals surface area contributed by atoms with Crippen molar-refractivity contribution in [3.05, 3.63) is 29.6 Å². The Bertz CT molecular complexity index is 701.